The van der Waals surface area contributed by atoms with E-state index in [1.165, 1.54) is 0 Å². The summed E-state index contributed by atoms with van der Waals surface area (Å²) in [5, 5.41) is 3.20. The van der Waals surface area contributed by atoms with Crippen LogP contribution in [0.1, 0.15) is 0 Å². The van der Waals surface area contributed by atoms with Crippen molar-refractivity contribution in [1.29, 1.82) is 0 Å². The van der Waals surface area contributed by atoms with Gasteiger partial charge in [0.25, 0.3) is 0 Å². The van der Waals surface area contributed by atoms with Gasteiger partial charge in [0.1, 0.15) is 11.2 Å². The van der Waals surface area contributed by atoms with Gasteiger partial charge in [0.2, 0.25) is 0 Å². The molecule has 0 aliphatic rings. The number of hydrogen-bond donors (Lipinski definition) is 0. The summed E-state index contributed by atoms with van der Waals surface area (Å²) in [6, 6.07) is 62.1. The monoisotopic (exact) mass is 678 g/mol. The van der Waals surface area contributed by atoms with Crippen molar-refractivity contribution in [3.05, 3.63) is 182 Å². The van der Waals surface area contributed by atoms with E-state index in [4.69, 9.17) is 24.4 Å². The Hall–Kier alpha value is -7.24. The Morgan fingerprint density at radius 1 is 0.340 bits per heavy atom. The number of aromatic nitrogens is 4. The highest BCUT2D eigenvalue weighted by atomic mass is 16.3. The highest BCUT2D eigenvalue weighted by Gasteiger charge is 2.19. The van der Waals surface area contributed by atoms with Crippen LogP contribution < -0.4 is 0 Å². The van der Waals surface area contributed by atoms with E-state index in [-0.39, 0.29) is 0 Å². The number of nitrogens with zero attached hydrogens (tertiary/aromatic N) is 4. The van der Waals surface area contributed by atoms with E-state index in [0.717, 1.165) is 83.0 Å². The van der Waals surface area contributed by atoms with Crippen LogP contribution in [0.15, 0.2) is 186 Å². The van der Waals surface area contributed by atoms with Crippen LogP contribution in [0.5, 0.6) is 0 Å². The lowest BCUT2D eigenvalue weighted by atomic mass is 9.96. The molecule has 0 amide bonds. The van der Waals surface area contributed by atoms with E-state index in [0.29, 0.717) is 17.5 Å². The van der Waals surface area contributed by atoms with E-state index in [1.807, 2.05) is 78.9 Å². The van der Waals surface area contributed by atoms with Crippen LogP contribution in [0.25, 0.3) is 101 Å². The Morgan fingerprint density at radius 2 is 0.868 bits per heavy atom. The topological polar surface area (TPSA) is 64.7 Å². The van der Waals surface area contributed by atoms with Crippen LogP contribution in [-0.4, -0.2) is 19.9 Å². The maximum atomic E-state index is 6.73. The summed E-state index contributed by atoms with van der Waals surface area (Å²) in [5.41, 5.74) is 11.6. The molecule has 0 bridgehead atoms. The second-order valence-corrected chi connectivity index (χ2v) is 13.0. The Morgan fingerprint density at radius 3 is 1.58 bits per heavy atom. The third-order valence-electron chi connectivity index (χ3n) is 9.73. The molecule has 0 radical (unpaired) electrons. The molecule has 10 aromatic rings. The highest BCUT2D eigenvalue weighted by Crippen LogP contribution is 2.42. The number of fused-ring (bicyclic) bond motifs is 4. The summed E-state index contributed by atoms with van der Waals surface area (Å²) < 4.78 is 6.73. The zero-order valence-corrected chi connectivity index (χ0v) is 28.5. The second-order valence-electron chi connectivity index (χ2n) is 13.0. The molecule has 0 N–H and O–H groups in total. The van der Waals surface area contributed by atoms with E-state index in [1.54, 1.807) is 0 Å². The molecule has 0 fully saturated rings. The minimum absolute atomic E-state index is 0.614. The van der Waals surface area contributed by atoms with Crippen molar-refractivity contribution in [1.82, 2.24) is 19.9 Å². The summed E-state index contributed by atoms with van der Waals surface area (Å²) in [6.07, 6.45) is 0. The molecule has 53 heavy (non-hydrogen) atoms. The van der Waals surface area contributed by atoms with Gasteiger partial charge in [0.05, 0.1) is 11.2 Å². The number of para-hydroxylation sites is 2. The average Bonchev–Trinajstić information content (AvgIpc) is 3.63. The van der Waals surface area contributed by atoms with Gasteiger partial charge in [-0.15, -0.1) is 0 Å². The number of hydrogen-bond acceptors (Lipinski definition) is 5. The van der Waals surface area contributed by atoms with Crippen LogP contribution in [0.4, 0.5) is 0 Å². The summed E-state index contributed by atoms with van der Waals surface area (Å²) in [4.78, 5) is 20.0. The fourth-order valence-corrected chi connectivity index (χ4v) is 7.22. The van der Waals surface area contributed by atoms with Gasteiger partial charge >= 0.3 is 0 Å². The quantitative estimate of drug-likeness (QED) is 0.175. The fourth-order valence-electron chi connectivity index (χ4n) is 7.22. The molecule has 0 saturated heterocycles. The molecule has 10 rings (SSSR count). The summed E-state index contributed by atoms with van der Waals surface area (Å²) in [7, 11) is 0. The molecule has 5 heteroatoms. The minimum atomic E-state index is 0.614. The van der Waals surface area contributed by atoms with Gasteiger partial charge in [-0.1, -0.05) is 152 Å². The third-order valence-corrected chi connectivity index (χ3v) is 9.73. The first-order valence-corrected chi connectivity index (χ1v) is 17.6. The Kier molecular flexibility index (Phi) is 7.40. The van der Waals surface area contributed by atoms with Crippen molar-refractivity contribution in [2.75, 3.05) is 0 Å². The highest BCUT2D eigenvalue weighted by molar-refractivity contribution is 6.15. The number of rotatable bonds is 6. The number of furan rings is 1. The van der Waals surface area contributed by atoms with Gasteiger partial charge in [-0.3, -0.25) is 0 Å². The van der Waals surface area contributed by atoms with E-state index < -0.39 is 0 Å². The molecule has 0 aliphatic heterocycles. The zero-order chi connectivity index (χ0) is 35.1. The van der Waals surface area contributed by atoms with Crippen molar-refractivity contribution in [3.63, 3.8) is 0 Å². The lowest BCUT2D eigenvalue weighted by Crippen LogP contribution is -2.00. The van der Waals surface area contributed by atoms with Gasteiger partial charge < -0.3 is 4.42 Å². The predicted molar refractivity (Wildman–Crippen MR) is 215 cm³/mol. The van der Waals surface area contributed by atoms with Crippen molar-refractivity contribution in [2.45, 2.75) is 0 Å². The van der Waals surface area contributed by atoms with E-state index in [9.17, 15) is 0 Å². The molecule has 0 unspecified atom stereocenters. The molecular formula is C48H30N4O. The number of pyridine rings is 1. The Bertz CT molecular complexity index is 2880. The standard InChI is InChI=1S/C48H30N4O/c1-4-15-31(16-5-1)40-30-42(49-41-27-11-10-23-37(40)41)38-25-13-26-39-44-36(24-14-28-43(44)53-45(38)39)34-21-12-22-35(29-34)48-51-46(32-17-6-2-7-18-32)50-47(52-48)33-19-8-3-9-20-33/h1-30H. The maximum Gasteiger partial charge on any atom is 0.164 e. The lowest BCUT2D eigenvalue weighted by Gasteiger charge is -2.11. The minimum Gasteiger partial charge on any atom is -0.455 e. The van der Waals surface area contributed by atoms with Crippen LogP contribution in [0.3, 0.4) is 0 Å². The van der Waals surface area contributed by atoms with Gasteiger partial charge in [-0.2, -0.15) is 0 Å². The van der Waals surface area contributed by atoms with Crippen molar-refractivity contribution >= 4 is 32.8 Å². The van der Waals surface area contributed by atoms with Crippen molar-refractivity contribution in [3.8, 4) is 67.7 Å². The summed E-state index contributed by atoms with van der Waals surface area (Å²) in [5.74, 6) is 1.88. The number of benzene rings is 7. The van der Waals surface area contributed by atoms with Crippen molar-refractivity contribution in [2.24, 2.45) is 0 Å². The van der Waals surface area contributed by atoms with E-state index >= 15 is 0 Å². The lowest BCUT2D eigenvalue weighted by molar-refractivity contribution is 0.670. The Labute approximate surface area is 305 Å². The van der Waals surface area contributed by atoms with Crippen LogP contribution in [-0.2, 0) is 0 Å². The molecule has 3 heterocycles. The van der Waals surface area contributed by atoms with Crippen LogP contribution in [0.2, 0.25) is 0 Å². The van der Waals surface area contributed by atoms with Gasteiger partial charge in [0, 0.05) is 38.4 Å². The molecule has 5 nitrogen and oxygen atoms in total. The van der Waals surface area contributed by atoms with Gasteiger partial charge in [-0.25, -0.2) is 19.9 Å². The first kappa shape index (κ1) is 30.6. The maximum absolute atomic E-state index is 6.73. The smallest absolute Gasteiger partial charge is 0.164 e. The van der Waals surface area contributed by atoms with Crippen LogP contribution >= 0.6 is 0 Å². The average molecular weight is 679 g/mol. The normalized spacial score (nSPS) is 11.4. The second kappa shape index (κ2) is 12.8. The fraction of sp³-hybridized carbons (Fsp3) is 0. The Balaban J connectivity index is 1.12. The third kappa shape index (κ3) is 5.52. The SMILES string of the molecule is c1ccc(-c2nc(-c3ccccc3)nc(-c3cccc(-c4cccc5oc6c(-c7cc(-c8ccccc8)c8ccccc8n7)cccc6c45)c3)n2)cc1. The molecule has 248 valence electrons. The molecular weight excluding hydrogens is 649 g/mol. The first-order valence-electron chi connectivity index (χ1n) is 17.6. The van der Waals surface area contributed by atoms with E-state index in [2.05, 4.69) is 103 Å². The molecule has 0 spiro atoms. The zero-order valence-electron chi connectivity index (χ0n) is 28.5. The summed E-state index contributed by atoms with van der Waals surface area (Å²) >= 11 is 0. The molecule has 7 aromatic carbocycles. The first-order chi connectivity index (χ1) is 26.3. The van der Waals surface area contributed by atoms with Gasteiger partial charge in [0.15, 0.2) is 17.5 Å². The summed E-state index contributed by atoms with van der Waals surface area (Å²) in [6.45, 7) is 0. The van der Waals surface area contributed by atoms with Crippen molar-refractivity contribution < 1.29 is 4.42 Å². The molecule has 0 atom stereocenters. The molecule has 3 aromatic heterocycles. The van der Waals surface area contributed by atoms with Crippen LogP contribution in [0, 0.1) is 0 Å². The molecule has 0 saturated carbocycles. The predicted octanol–water partition coefficient (Wildman–Crippen LogP) is 12.3. The van der Waals surface area contributed by atoms with Gasteiger partial charge in [-0.05, 0) is 52.6 Å². The molecule has 0 aliphatic carbocycles. The largest absolute Gasteiger partial charge is 0.455 e.